The van der Waals surface area contributed by atoms with Gasteiger partial charge in [-0.2, -0.15) is 0 Å². The summed E-state index contributed by atoms with van der Waals surface area (Å²) in [6, 6.07) is -0.0911. The van der Waals surface area contributed by atoms with E-state index in [0.717, 1.165) is 26.2 Å². The second-order valence-corrected chi connectivity index (χ2v) is 2.75. The fourth-order valence-corrected chi connectivity index (χ4v) is 0.828. The third kappa shape index (κ3) is 6.36. The highest BCUT2D eigenvalue weighted by molar-refractivity contribution is 5.84. The summed E-state index contributed by atoms with van der Waals surface area (Å²) in [4.78, 5) is 0. The van der Waals surface area contributed by atoms with Gasteiger partial charge in [0.15, 0.2) is 5.84 Å². The fraction of sp³-hybridized carbons (Fsp3) is 0.875. The Balaban J connectivity index is 3.32. The molecule has 0 amide bonds. The molecule has 0 aromatic carbocycles. The zero-order valence-corrected chi connectivity index (χ0v) is 8.29. The third-order valence-corrected chi connectivity index (χ3v) is 1.68. The minimum absolute atomic E-state index is 0.0911. The van der Waals surface area contributed by atoms with Gasteiger partial charge in [0.05, 0.1) is 6.04 Å². The predicted molar refractivity (Wildman–Crippen MR) is 52.0 cm³/mol. The highest BCUT2D eigenvalue weighted by Crippen LogP contribution is 1.84. The molecule has 0 fully saturated rings. The van der Waals surface area contributed by atoms with Crippen LogP contribution >= 0.6 is 0 Å². The van der Waals surface area contributed by atoms with E-state index in [-0.39, 0.29) is 11.9 Å². The number of hydrogen-bond acceptors (Lipinski definition) is 4. The van der Waals surface area contributed by atoms with Crippen LogP contribution in [0.4, 0.5) is 0 Å². The summed E-state index contributed by atoms with van der Waals surface area (Å²) in [6.07, 6.45) is 0.927. The maximum atomic E-state index is 8.34. The van der Waals surface area contributed by atoms with Crippen molar-refractivity contribution in [2.75, 3.05) is 19.8 Å². The van der Waals surface area contributed by atoms with E-state index >= 15 is 0 Å². The largest absolute Gasteiger partial charge is 0.409 e. The first-order valence-corrected chi connectivity index (χ1v) is 4.50. The lowest BCUT2D eigenvalue weighted by atomic mass is 10.3. The van der Waals surface area contributed by atoms with Gasteiger partial charge in [0.25, 0.3) is 0 Å². The van der Waals surface area contributed by atoms with Crippen molar-refractivity contribution in [3.63, 3.8) is 0 Å². The van der Waals surface area contributed by atoms with Crippen molar-refractivity contribution in [2.45, 2.75) is 26.3 Å². The molecule has 0 bridgehead atoms. The maximum Gasteiger partial charge on any atom is 0.156 e. The molecule has 0 aliphatic carbocycles. The molecule has 0 aliphatic rings. The van der Waals surface area contributed by atoms with Gasteiger partial charge in [-0.25, -0.2) is 0 Å². The highest BCUT2D eigenvalue weighted by atomic mass is 16.5. The predicted octanol–water partition coefficient (Wildman–Crippen LogP) is 0.138. The molecule has 1 atom stereocenters. The number of rotatable bonds is 7. The SMILES string of the molecule is CCOCCCNC(C)C(N)=NO. The van der Waals surface area contributed by atoms with Crippen molar-refractivity contribution in [3.05, 3.63) is 0 Å². The van der Waals surface area contributed by atoms with Crippen LogP contribution in [0.1, 0.15) is 20.3 Å². The molecule has 4 N–H and O–H groups in total. The van der Waals surface area contributed by atoms with Gasteiger partial charge in [-0.3, -0.25) is 0 Å². The van der Waals surface area contributed by atoms with Crippen LogP contribution in [0.3, 0.4) is 0 Å². The van der Waals surface area contributed by atoms with E-state index in [4.69, 9.17) is 15.7 Å². The molecule has 0 rings (SSSR count). The van der Waals surface area contributed by atoms with Gasteiger partial charge < -0.3 is 21.0 Å². The van der Waals surface area contributed by atoms with Crippen molar-refractivity contribution in [1.82, 2.24) is 5.32 Å². The van der Waals surface area contributed by atoms with Crippen LogP contribution in [0.25, 0.3) is 0 Å². The molecule has 1 unspecified atom stereocenters. The number of nitrogens with two attached hydrogens (primary N) is 1. The van der Waals surface area contributed by atoms with E-state index < -0.39 is 0 Å². The first-order valence-electron chi connectivity index (χ1n) is 4.50. The Hall–Kier alpha value is -0.810. The van der Waals surface area contributed by atoms with Gasteiger partial charge >= 0.3 is 0 Å². The first kappa shape index (κ1) is 12.2. The normalized spacial score (nSPS) is 14.5. The molecule has 0 saturated carbocycles. The van der Waals surface area contributed by atoms with Gasteiger partial charge in [-0.15, -0.1) is 0 Å². The molecule has 0 heterocycles. The number of oxime groups is 1. The Morgan fingerprint density at radius 3 is 2.92 bits per heavy atom. The van der Waals surface area contributed by atoms with Crippen LogP contribution in [-0.4, -0.2) is 36.8 Å². The summed E-state index contributed by atoms with van der Waals surface area (Å²) in [5, 5.41) is 14.3. The Bertz CT molecular complexity index is 150. The lowest BCUT2D eigenvalue weighted by molar-refractivity contribution is 0.144. The van der Waals surface area contributed by atoms with Crippen LogP contribution < -0.4 is 11.1 Å². The standard InChI is InChI=1S/C8H19N3O2/c1-3-13-6-4-5-10-7(2)8(9)11-12/h7,10,12H,3-6H2,1-2H3,(H2,9,11). The highest BCUT2D eigenvalue weighted by Gasteiger charge is 2.04. The van der Waals surface area contributed by atoms with Gasteiger partial charge in [-0.05, 0) is 26.8 Å². The van der Waals surface area contributed by atoms with Crippen LogP contribution in [0, 0.1) is 0 Å². The molecule has 0 aliphatic heterocycles. The molecule has 0 aromatic heterocycles. The molecule has 13 heavy (non-hydrogen) atoms. The molecule has 0 spiro atoms. The van der Waals surface area contributed by atoms with E-state index in [9.17, 15) is 0 Å². The summed E-state index contributed by atoms with van der Waals surface area (Å²) in [7, 11) is 0. The number of nitrogens with one attached hydrogen (secondary N) is 1. The third-order valence-electron chi connectivity index (χ3n) is 1.68. The minimum Gasteiger partial charge on any atom is -0.409 e. The number of amidine groups is 1. The Labute approximate surface area is 78.9 Å². The number of ether oxygens (including phenoxy) is 1. The van der Waals surface area contributed by atoms with Crippen molar-refractivity contribution < 1.29 is 9.94 Å². The van der Waals surface area contributed by atoms with E-state index in [1.165, 1.54) is 0 Å². The fourth-order valence-electron chi connectivity index (χ4n) is 0.828. The van der Waals surface area contributed by atoms with Gasteiger partial charge in [-0.1, -0.05) is 5.16 Å². The smallest absolute Gasteiger partial charge is 0.156 e. The topological polar surface area (TPSA) is 79.9 Å². The molecule has 78 valence electrons. The molecular formula is C8H19N3O2. The van der Waals surface area contributed by atoms with Gasteiger partial charge in [0.2, 0.25) is 0 Å². The van der Waals surface area contributed by atoms with E-state index in [1.54, 1.807) is 0 Å². The van der Waals surface area contributed by atoms with Crippen LogP contribution in [0.5, 0.6) is 0 Å². The van der Waals surface area contributed by atoms with Crippen molar-refractivity contribution in [1.29, 1.82) is 0 Å². The van der Waals surface area contributed by atoms with Crippen molar-refractivity contribution in [2.24, 2.45) is 10.9 Å². The summed E-state index contributed by atoms with van der Waals surface area (Å²) in [5.41, 5.74) is 5.36. The average molecular weight is 189 g/mol. The number of hydrogen-bond donors (Lipinski definition) is 3. The lowest BCUT2D eigenvalue weighted by Crippen LogP contribution is -2.39. The van der Waals surface area contributed by atoms with Crippen LogP contribution in [-0.2, 0) is 4.74 Å². The summed E-state index contributed by atoms with van der Waals surface area (Å²) >= 11 is 0. The quantitative estimate of drug-likeness (QED) is 0.175. The van der Waals surface area contributed by atoms with Crippen molar-refractivity contribution in [3.8, 4) is 0 Å². The van der Waals surface area contributed by atoms with Crippen LogP contribution in [0.15, 0.2) is 5.16 Å². The Morgan fingerprint density at radius 2 is 2.38 bits per heavy atom. The molecule has 5 heteroatoms. The zero-order valence-electron chi connectivity index (χ0n) is 8.29. The van der Waals surface area contributed by atoms with E-state index in [1.807, 2.05) is 13.8 Å². The first-order chi connectivity index (χ1) is 6.22. The summed E-state index contributed by atoms with van der Waals surface area (Å²) in [6.45, 7) is 6.10. The second kappa shape index (κ2) is 7.82. The molecule has 0 saturated heterocycles. The van der Waals surface area contributed by atoms with Gasteiger partial charge in [0, 0.05) is 13.2 Å². The number of nitrogens with zero attached hydrogens (tertiary/aromatic N) is 1. The maximum absolute atomic E-state index is 8.34. The van der Waals surface area contributed by atoms with Gasteiger partial charge in [0.1, 0.15) is 0 Å². The summed E-state index contributed by atoms with van der Waals surface area (Å²) in [5.74, 6) is 0.205. The summed E-state index contributed by atoms with van der Waals surface area (Å²) < 4.78 is 5.15. The molecular weight excluding hydrogens is 170 g/mol. The molecule has 5 nitrogen and oxygen atoms in total. The minimum atomic E-state index is -0.0911. The zero-order chi connectivity index (χ0) is 10.1. The lowest BCUT2D eigenvalue weighted by Gasteiger charge is -2.11. The molecule has 0 aromatic rings. The molecule has 0 radical (unpaired) electrons. The van der Waals surface area contributed by atoms with E-state index in [2.05, 4.69) is 10.5 Å². The monoisotopic (exact) mass is 189 g/mol. The van der Waals surface area contributed by atoms with Crippen molar-refractivity contribution >= 4 is 5.84 Å². The average Bonchev–Trinajstić information content (AvgIpc) is 2.16. The van der Waals surface area contributed by atoms with Crippen LogP contribution in [0.2, 0.25) is 0 Å². The Kier molecular flexibility index (Phi) is 7.33. The second-order valence-electron chi connectivity index (χ2n) is 2.75. The van der Waals surface area contributed by atoms with E-state index in [0.29, 0.717) is 0 Å². The Morgan fingerprint density at radius 1 is 1.69 bits per heavy atom.